The van der Waals surface area contributed by atoms with Crippen LogP contribution in [0.5, 0.6) is 0 Å². The Bertz CT molecular complexity index is 238. The van der Waals surface area contributed by atoms with Crippen molar-refractivity contribution in [3.05, 3.63) is 0 Å². The first-order valence-electron chi connectivity index (χ1n) is 9.71. The van der Waals surface area contributed by atoms with Crippen LogP contribution in [0.3, 0.4) is 0 Å². The van der Waals surface area contributed by atoms with Crippen molar-refractivity contribution >= 4 is 0 Å². The first-order chi connectivity index (χ1) is 12.3. The van der Waals surface area contributed by atoms with E-state index in [1.807, 2.05) is 0 Å². The van der Waals surface area contributed by atoms with E-state index in [1.165, 1.54) is 0 Å². The molecule has 0 atom stereocenters. The summed E-state index contributed by atoms with van der Waals surface area (Å²) in [5.74, 6) is 0. The zero-order chi connectivity index (χ0) is 18.4. The van der Waals surface area contributed by atoms with Crippen LogP contribution in [0.2, 0.25) is 0 Å². The minimum Gasteiger partial charge on any atom is -0.329 e. The zero-order valence-electron chi connectivity index (χ0n) is 16.0. The summed E-state index contributed by atoms with van der Waals surface area (Å²) >= 11 is 0. The Labute approximate surface area is 154 Å². The Morgan fingerprint density at radius 2 is 0.760 bits per heavy atom. The molecule has 0 amide bonds. The summed E-state index contributed by atoms with van der Waals surface area (Å²) in [5, 5.41) is 16.9. The van der Waals surface area contributed by atoms with Crippen molar-refractivity contribution < 1.29 is 0 Å². The first-order valence-corrected chi connectivity index (χ1v) is 9.71. The van der Waals surface area contributed by atoms with E-state index in [0.29, 0.717) is 19.6 Å². The molecular weight excluding hydrogens is 318 g/mol. The average Bonchev–Trinajstić information content (AvgIpc) is 2.61. The second-order valence-electron chi connectivity index (χ2n) is 5.96. The Morgan fingerprint density at radius 3 is 1.12 bits per heavy atom. The lowest BCUT2D eigenvalue weighted by molar-refractivity contribution is 0.288. The fraction of sp³-hybridized carbons (Fsp3) is 1.00. The molecule has 0 aromatic carbocycles. The van der Waals surface area contributed by atoms with E-state index in [9.17, 15) is 0 Å². The van der Waals surface area contributed by atoms with Crippen molar-refractivity contribution in [1.29, 1.82) is 0 Å². The standard InChI is InChI=1S/C16H43N9/c17-1-4-20-5-6-21-7-8-22-9-10-23-11-12-24-13-16-25(14-2-18)15-3-19/h20-24H,1-19H2. The third-order valence-electron chi connectivity index (χ3n) is 3.73. The molecule has 9 nitrogen and oxygen atoms in total. The first kappa shape index (κ1) is 24.6. The van der Waals surface area contributed by atoms with Gasteiger partial charge in [-0.15, -0.1) is 0 Å². The lowest BCUT2D eigenvalue weighted by Crippen LogP contribution is -2.40. The van der Waals surface area contributed by atoms with Crippen LogP contribution in [0.25, 0.3) is 0 Å². The van der Waals surface area contributed by atoms with Crippen LogP contribution in [0.15, 0.2) is 0 Å². The molecule has 0 aliphatic rings. The molecule has 25 heavy (non-hydrogen) atoms. The molecule has 0 spiro atoms. The van der Waals surface area contributed by atoms with Crippen molar-refractivity contribution in [3.8, 4) is 0 Å². The number of nitrogens with one attached hydrogen (secondary N) is 5. The summed E-state index contributed by atoms with van der Waals surface area (Å²) in [4.78, 5) is 2.30. The maximum Gasteiger partial charge on any atom is 0.0108 e. The topological polar surface area (TPSA) is 141 Å². The van der Waals surface area contributed by atoms with Gasteiger partial charge < -0.3 is 43.8 Å². The highest BCUT2D eigenvalue weighted by Crippen LogP contribution is 1.83. The second-order valence-corrected chi connectivity index (χ2v) is 5.96. The molecule has 152 valence electrons. The predicted molar refractivity (Wildman–Crippen MR) is 108 cm³/mol. The van der Waals surface area contributed by atoms with Gasteiger partial charge in [-0.3, -0.25) is 4.90 Å². The van der Waals surface area contributed by atoms with Crippen LogP contribution < -0.4 is 43.8 Å². The van der Waals surface area contributed by atoms with E-state index in [1.54, 1.807) is 0 Å². The van der Waals surface area contributed by atoms with Gasteiger partial charge in [0.05, 0.1) is 0 Å². The van der Waals surface area contributed by atoms with E-state index in [4.69, 9.17) is 17.2 Å². The molecule has 0 rings (SSSR count). The lowest BCUT2D eigenvalue weighted by atomic mass is 10.4. The molecule has 0 heterocycles. The van der Waals surface area contributed by atoms with Crippen LogP contribution in [-0.4, -0.2) is 110 Å². The number of rotatable bonds is 21. The minimum absolute atomic E-state index is 0.690. The highest BCUT2D eigenvalue weighted by atomic mass is 15.1. The highest BCUT2D eigenvalue weighted by molar-refractivity contribution is 4.62. The Kier molecular flexibility index (Phi) is 21.4. The summed E-state index contributed by atoms with van der Waals surface area (Å²) in [5.41, 5.74) is 16.6. The summed E-state index contributed by atoms with van der Waals surface area (Å²) in [6.07, 6.45) is 0. The van der Waals surface area contributed by atoms with Gasteiger partial charge in [-0.25, -0.2) is 0 Å². The van der Waals surface area contributed by atoms with Gasteiger partial charge in [0.25, 0.3) is 0 Å². The molecule has 0 aliphatic heterocycles. The maximum atomic E-state index is 5.59. The Balaban J connectivity index is 3.13. The third kappa shape index (κ3) is 19.8. The smallest absolute Gasteiger partial charge is 0.0108 e. The van der Waals surface area contributed by atoms with Gasteiger partial charge in [-0.1, -0.05) is 0 Å². The molecule has 0 fully saturated rings. The number of nitrogens with two attached hydrogens (primary N) is 3. The molecule has 11 N–H and O–H groups in total. The molecule has 0 aromatic rings. The summed E-state index contributed by atoms with van der Waals surface area (Å²) in [6.45, 7) is 14.7. The van der Waals surface area contributed by atoms with Crippen LogP contribution >= 0.6 is 0 Å². The van der Waals surface area contributed by atoms with Gasteiger partial charge in [0.15, 0.2) is 0 Å². The van der Waals surface area contributed by atoms with Crippen molar-refractivity contribution in [3.63, 3.8) is 0 Å². The van der Waals surface area contributed by atoms with E-state index < -0.39 is 0 Å². The van der Waals surface area contributed by atoms with Gasteiger partial charge in [0.1, 0.15) is 0 Å². The summed E-state index contributed by atoms with van der Waals surface area (Å²) < 4.78 is 0. The van der Waals surface area contributed by atoms with Crippen molar-refractivity contribution in [1.82, 2.24) is 31.5 Å². The molecule has 9 heteroatoms. The second kappa shape index (κ2) is 21.7. The SMILES string of the molecule is NCCNCCNCCNCCNCCNCCN(CCN)CCN. The number of hydrogen-bond acceptors (Lipinski definition) is 9. The van der Waals surface area contributed by atoms with E-state index in [2.05, 4.69) is 31.5 Å². The van der Waals surface area contributed by atoms with Crippen LogP contribution in [-0.2, 0) is 0 Å². The highest BCUT2D eigenvalue weighted by Gasteiger charge is 2.01. The van der Waals surface area contributed by atoms with Crippen LogP contribution in [0.4, 0.5) is 0 Å². The molecule has 0 unspecified atom stereocenters. The van der Waals surface area contributed by atoms with Gasteiger partial charge in [0, 0.05) is 105 Å². The minimum atomic E-state index is 0.690. The fourth-order valence-corrected chi connectivity index (χ4v) is 2.37. The molecule has 0 saturated carbocycles. The van der Waals surface area contributed by atoms with Gasteiger partial charge in [-0.05, 0) is 0 Å². The number of hydrogen-bond donors (Lipinski definition) is 8. The van der Waals surface area contributed by atoms with E-state index >= 15 is 0 Å². The largest absolute Gasteiger partial charge is 0.329 e. The van der Waals surface area contributed by atoms with Crippen LogP contribution in [0.1, 0.15) is 0 Å². The zero-order valence-corrected chi connectivity index (χ0v) is 16.0. The lowest BCUT2D eigenvalue weighted by Gasteiger charge is -2.20. The predicted octanol–water partition coefficient (Wildman–Crippen LogP) is -3.89. The van der Waals surface area contributed by atoms with E-state index in [0.717, 1.165) is 85.1 Å². The molecule has 0 saturated heterocycles. The Hall–Kier alpha value is -0.360. The Morgan fingerprint density at radius 1 is 0.400 bits per heavy atom. The third-order valence-corrected chi connectivity index (χ3v) is 3.73. The molecule has 0 radical (unpaired) electrons. The molecule has 0 aromatic heterocycles. The molecule has 0 aliphatic carbocycles. The fourth-order valence-electron chi connectivity index (χ4n) is 2.37. The van der Waals surface area contributed by atoms with Gasteiger partial charge in [-0.2, -0.15) is 0 Å². The van der Waals surface area contributed by atoms with Gasteiger partial charge in [0.2, 0.25) is 0 Å². The van der Waals surface area contributed by atoms with Gasteiger partial charge >= 0.3 is 0 Å². The average molecular weight is 362 g/mol. The summed E-state index contributed by atoms with van der Waals surface area (Å²) in [6, 6.07) is 0. The maximum absolute atomic E-state index is 5.59. The quantitative estimate of drug-likeness (QED) is 0.0963. The van der Waals surface area contributed by atoms with E-state index in [-0.39, 0.29) is 0 Å². The van der Waals surface area contributed by atoms with Crippen molar-refractivity contribution in [2.45, 2.75) is 0 Å². The molecule has 0 bridgehead atoms. The van der Waals surface area contributed by atoms with Crippen molar-refractivity contribution in [2.24, 2.45) is 17.2 Å². The summed E-state index contributed by atoms with van der Waals surface area (Å²) in [7, 11) is 0. The molecular formula is C16H43N9. The normalized spacial score (nSPS) is 11.5. The monoisotopic (exact) mass is 361 g/mol. The number of nitrogens with zero attached hydrogens (tertiary/aromatic N) is 1. The van der Waals surface area contributed by atoms with Crippen LogP contribution in [0, 0.1) is 0 Å². The van der Waals surface area contributed by atoms with Crippen molar-refractivity contribution in [2.75, 3.05) is 105 Å².